The number of hydrogen-bond donors (Lipinski definition) is 2. The Morgan fingerprint density at radius 3 is 2.43 bits per heavy atom. The molecule has 0 aliphatic heterocycles. The summed E-state index contributed by atoms with van der Waals surface area (Å²) < 4.78 is 10.4. The minimum Gasteiger partial charge on any atom is -0.495 e. The lowest BCUT2D eigenvalue weighted by Gasteiger charge is -2.08. The number of carbonyl (C=O) groups excluding carboxylic acids is 3. The number of hydrazone groups is 1. The number of nitrogens with zero attached hydrogens (tertiary/aromatic N) is 1. The number of nitrogens with one attached hydrogen (secondary N) is 2. The van der Waals surface area contributed by atoms with Crippen LogP contribution in [0.2, 0.25) is 0 Å². The van der Waals surface area contributed by atoms with Crippen LogP contribution in [0, 0.1) is 0 Å². The third-order valence-corrected chi connectivity index (χ3v) is 4.60. The molecule has 0 atom stereocenters. The van der Waals surface area contributed by atoms with E-state index in [4.69, 9.17) is 9.47 Å². The van der Waals surface area contributed by atoms with E-state index in [9.17, 15) is 14.4 Å². The van der Waals surface area contributed by atoms with Crippen LogP contribution in [0.1, 0.15) is 15.2 Å². The zero-order valence-corrected chi connectivity index (χ0v) is 16.6. The highest BCUT2D eigenvalue weighted by molar-refractivity contribution is 7.12. The lowest BCUT2D eigenvalue weighted by molar-refractivity contribution is -0.136. The molecule has 3 aromatic rings. The minimum absolute atomic E-state index is 0.372. The average Bonchev–Trinajstić information content (AvgIpc) is 3.30. The smallest absolute Gasteiger partial charge is 0.353 e. The van der Waals surface area contributed by atoms with Crippen molar-refractivity contribution < 1.29 is 23.9 Å². The Morgan fingerprint density at radius 2 is 1.73 bits per heavy atom. The zero-order valence-electron chi connectivity index (χ0n) is 15.8. The molecule has 0 aliphatic carbocycles. The molecule has 0 spiro atoms. The molecule has 0 fully saturated rings. The number of carbonyl (C=O) groups is 3. The first kappa shape index (κ1) is 20.7. The Bertz CT molecular complexity index is 1060. The molecule has 0 aliphatic rings. The van der Waals surface area contributed by atoms with E-state index < -0.39 is 17.8 Å². The predicted octanol–water partition coefficient (Wildman–Crippen LogP) is 3.06. The van der Waals surface area contributed by atoms with Gasteiger partial charge in [0.1, 0.15) is 16.4 Å². The van der Waals surface area contributed by atoms with Crippen LogP contribution in [0.5, 0.6) is 11.5 Å². The van der Waals surface area contributed by atoms with Gasteiger partial charge in [0.2, 0.25) is 0 Å². The Labute approximate surface area is 176 Å². The molecular weight excluding hydrogens is 406 g/mol. The Balaban J connectivity index is 1.51. The third-order valence-electron chi connectivity index (χ3n) is 3.75. The van der Waals surface area contributed by atoms with Gasteiger partial charge in [0, 0.05) is 0 Å². The van der Waals surface area contributed by atoms with Crippen molar-refractivity contribution >= 4 is 41.0 Å². The molecule has 0 saturated carbocycles. The van der Waals surface area contributed by atoms with Gasteiger partial charge in [0.15, 0.2) is 0 Å². The molecule has 0 radical (unpaired) electrons. The SMILES string of the molecule is COc1ccccc1NC(=O)C(=O)N/N=C/c1ccc(OC(=O)c2cccs2)cc1. The average molecular weight is 423 g/mol. The van der Waals surface area contributed by atoms with Crippen molar-refractivity contribution in [3.8, 4) is 11.5 Å². The van der Waals surface area contributed by atoms with Gasteiger partial charge in [-0.25, -0.2) is 10.2 Å². The number of para-hydroxylation sites is 2. The molecule has 1 heterocycles. The summed E-state index contributed by atoms with van der Waals surface area (Å²) >= 11 is 1.30. The molecule has 30 heavy (non-hydrogen) atoms. The van der Waals surface area contributed by atoms with Crippen molar-refractivity contribution in [2.45, 2.75) is 0 Å². The van der Waals surface area contributed by atoms with Gasteiger partial charge in [-0.3, -0.25) is 9.59 Å². The van der Waals surface area contributed by atoms with Crippen molar-refractivity contribution in [3.05, 3.63) is 76.5 Å². The first-order valence-electron chi connectivity index (χ1n) is 8.70. The van der Waals surface area contributed by atoms with Crippen LogP contribution in [-0.2, 0) is 9.59 Å². The maximum atomic E-state index is 12.0. The molecule has 0 bridgehead atoms. The van der Waals surface area contributed by atoms with E-state index in [1.54, 1.807) is 66.0 Å². The fourth-order valence-electron chi connectivity index (χ4n) is 2.32. The van der Waals surface area contributed by atoms with E-state index in [2.05, 4.69) is 15.8 Å². The van der Waals surface area contributed by atoms with E-state index >= 15 is 0 Å². The van der Waals surface area contributed by atoms with Crippen LogP contribution in [0.4, 0.5) is 5.69 Å². The first-order chi connectivity index (χ1) is 14.6. The summed E-state index contributed by atoms with van der Waals surface area (Å²) in [5, 5.41) is 8.00. The van der Waals surface area contributed by atoms with Gasteiger partial charge in [0.25, 0.3) is 0 Å². The molecule has 2 amide bonds. The number of hydrogen-bond acceptors (Lipinski definition) is 7. The second-order valence-corrected chi connectivity index (χ2v) is 6.74. The van der Waals surface area contributed by atoms with Crippen LogP contribution in [-0.4, -0.2) is 31.1 Å². The number of anilines is 1. The summed E-state index contributed by atoms with van der Waals surface area (Å²) in [5.41, 5.74) is 3.16. The minimum atomic E-state index is -0.932. The Morgan fingerprint density at radius 1 is 0.967 bits per heavy atom. The quantitative estimate of drug-likeness (QED) is 0.208. The lowest BCUT2D eigenvalue weighted by atomic mass is 10.2. The van der Waals surface area contributed by atoms with Crippen molar-refractivity contribution in [1.82, 2.24) is 5.43 Å². The summed E-state index contributed by atoms with van der Waals surface area (Å²) in [4.78, 5) is 36.3. The summed E-state index contributed by atoms with van der Waals surface area (Å²) in [6.07, 6.45) is 1.36. The van der Waals surface area contributed by atoms with Gasteiger partial charge >= 0.3 is 17.8 Å². The van der Waals surface area contributed by atoms with E-state index in [1.165, 1.54) is 24.7 Å². The number of esters is 1. The largest absolute Gasteiger partial charge is 0.495 e. The highest BCUT2D eigenvalue weighted by Gasteiger charge is 2.15. The topological polar surface area (TPSA) is 106 Å². The van der Waals surface area contributed by atoms with Gasteiger partial charge in [-0.1, -0.05) is 18.2 Å². The number of benzene rings is 2. The van der Waals surface area contributed by atoms with E-state index in [0.717, 1.165) is 0 Å². The summed E-state index contributed by atoms with van der Waals surface area (Å²) in [6, 6.07) is 16.7. The highest BCUT2D eigenvalue weighted by Crippen LogP contribution is 2.22. The summed E-state index contributed by atoms with van der Waals surface area (Å²) in [6.45, 7) is 0. The molecule has 9 heteroatoms. The van der Waals surface area contributed by atoms with E-state index in [-0.39, 0.29) is 0 Å². The van der Waals surface area contributed by atoms with Crippen molar-refractivity contribution in [1.29, 1.82) is 0 Å². The molecule has 3 rings (SSSR count). The van der Waals surface area contributed by atoms with Crippen molar-refractivity contribution in [2.75, 3.05) is 12.4 Å². The van der Waals surface area contributed by atoms with Crippen LogP contribution >= 0.6 is 11.3 Å². The molecule has 0 saturated heterocycles. The van der Waals surface area contributed by atoms with Crippen LogP contribution in [0.3, 0.4) is 0 Å². The van der Waals surface area contributed by atoms with Crippen molar-refractivity contribution in [3.63, 3.8) is 0 Å². The van der Waals surface area contributed by atoms with Gasteiger partial charge in [-0.15, -0.1) is 11.3 Å². The Hall–Kier alpha value is -3.98. The standard InChI is InChI=1S/C21H17N3O5S/c1-28-17-6-3-2-5-16(17)23-19(25)20(26)24-22-13-14-8-10-15(11-9-14)29-21(27)18-7-4-12-30-18/h2-13H,1H3,(H,23,25)(H,24,26)/b22-13+. The molecule has 1 aromatic heterocycles. The third kappa shape index (κ3) is 5.52. The molecular formula is C21H17N3O5S. The number of thiophene rings is 1. The summed E-state index contributed by atoms with van der Waals surface area (Å²) in [7, 11) is 1.46. The molecule has 2 N–H and O–H groups in total. The molecule has 152 valence electrons. The maximum Gasteiger partial charge on any atom is 0.353 e. The van der Waals surface area contributed by atoms with Gasteiger partial charge in [-0.2, -0.15) is 5.10 Å². The molecule has 0 unspecified atom stereocenters. The van der Waals surface area contributed by atoms with Crippen LogP contribution in [0.25, 0.3) is 0 Å². The maximum absolute atomic E-state index is 12.0. The van der Waals surface area contributed by atoms with Gasteiger partial charge in [0.05, 0.1) is 19.0 Å². The number of rotatable bonds is 6. The number of ether oxygens (including phenoxy) is 2. The highest BCUT2D eigenvalue weighted by atomic mass is 32.1. The summed E-state index contributed by atoms with van der Waals surface area (Å²) in [5.74, 6) is -1.43. The normalized spacial score (nSPS) is 10.4. The van der Waals surface area contributed by atoms with Crippen LogP contribution in [0.15, 0.2) is 71.1 Å². The van der Waals surface area contributed by atoms with E-state index in [0.29, 0.717) is 27.6 Å². The molecule has 2 aromatic carbocycles. The van der Waals surface area contributed by atoms with Crippen LogP contribution < -0.4 is 20.2 Å². The van der Waals surface area contributed by atoms with Gasteiger partial charge < -0.3 is 14.8 Å². The zero-order chi connectivity index (χ0) is 21.3. The number of methoxy groups -OCH3 is 1. The van der Waals surface area contributed by atoms with Crippen molar-refractivity contribution in [2.24, 2.45) is 5.10 Å². The first-order valence-corrected chi connectivity index (χ1v) is 9.58. The Kier molecular flexibility index (Phi) is 6.91. The number of amides is 2. The molecule has 8 nitrogen and oxygen atoms in total. The fraction of sp³-hybridized carbons (Fsp3) is 0.0476. The second kappa shape index (κ2) is 9.99. The van der Waals surface area contributed by atoms with E-state index in [1.807, 2.05) is 0 Å². The monoisotopic (exact) mass is 423 g/mol. The lowest BCUT2D eigenvalue weighted by Crippen LogP contribution is -2.32. The van der Waals surface area contributed by atoms with Gasteiger partial charge in [-0.05, 0) is 53.4 Å². The fourth-order valence-corrected chi connectivity index (χ4v) is 2.92. The predicted molar refractivity (Wildman–Crippen MR) is 113 cm³/mol. The second-order valence-electron chi connectivity index (χ2n) is 5.79.